The Kier molecular flexibility index (Phi) is 4.99. The van der Waals surface area contributed by atoms with E-state index in [9.17, 15) is 14.9 Å². The van der Waals surface area contributed by atoms with E-state index in [0.29, 0.717) is 27.6 Å². The van der Waals surface area contributed by atoms with Crippen LogP contribution in [0.4, 0.5) is 0 Å². The van der Waals surface area contributed by atoms with E-state index in [1.165, 1.54) is 10.8 Å². The summed E-state index contributed by atoms with van der Waals surface area (Å²) in [6.07, 6.45) is 1.84. The number of esters is 2. The molecule has 0 N–H and O–H groups in total. The fourth-order valence-electron chi connectivity index (χ4n) is 2.74. The molecular weight excluding hydrogens is 348 g/mol. The summed E-state index contributed by atoms with van der Waals surface area (Å²) in [5.41, 5.74) is 2.26. The van der Waals surface area contributed by atoms with Crippen LogP contribution in [0.5, 0.6) is 0 Å². The van der Waals surface area contributed by atoms with Crippen LogP contribution in [0.1, 0.15) is 26.3 Å². The normalized spacial score (nSPS) is 17.0. The van der Waals surface area contributed by atoms with Crippen molar-refractivity contribution < 1.29 is 23.8 Å². The molecule has 1 aromatic heterocycles. The second-order valence-corrected chi connectivity index (χ2v) is 5.95. The molecule has 2 heterocycles. The average Bonchev–Trinajstić information content (AvgIpc) is 3.15. The number of aromatic nitrogens is 1. The lowest BCUT2D eigenvalue weighted by molar-refractivity contribution is -0.152. The lowest BCUT2D eigenvalue weighted by Crippen LogP contribution is -2.16. The number of nitriles is 1. The maximum Gasteiger partial charge on any atom is 0.358 e. The maximum atomic E-state index is 12.5. The van der Waals surface area contributed by atoms with E-state index in [-0.39, 0.29) is 12.3 Å². The van der Waals surface area contributed by atoms with Gasteiger partial charge in [-0.25, -0.2) is 9.59 Å². The first kappa shape index (κ1) is 18.3. The predicted octanol–water partition coefficient (Wildman–Crippen LogP) is 3.11. The zero-order valence-corrected chi connectivity index (χ0v) is 15.2. The van der Waals surface area contributed by atoms with Crippen LogP contribution in [0.25, 0.3) is 16.6 Å². The smallest absolute Gasteiger partial charge is 0.358 e. The molecule has 1 aliphatic heterocycles. The maximum absolute atomic E-state index is 12.5. The van der Waals surface area contributed by atoms with Crippen molar-refractivity contribution in [1.29, 1.82) is 5.26 Å². The van der Waals surface area contributed by atoms with Crippen LogP contribution in [0.15, 0.2) is 47.9 Å². The van der Waals surface area contributed by atoms with Gasteiger partial charge in [-0.05, 0) is 26.8 Å². The Labute approximate surface area is 156 Å². The second kappa shape index (κ2) is 7.38. The molecule has 7 heteroatoms. The van der Waals surface area contributed by atoms with Crippen LogP contribution in [0, 0.1) is 11.3 Å². The number of hydrogen-bond acceptors (Lipinski definition) is 6. The molecule has 1 atom stereocenters. The van der Waals surface area contributed by atoms with Gasteiger partial charge in [0.1, 0.15) is 12.3 Å². The summed E-state index contributed by atoms with van der Waals surface area (Å²) in [4.78, 5) is 24.2. The number of para-hydroxylation sites is 1. The number of benzene rings is 1. The van der Waals surface area contributed by atoms with Crippen LogP contribution in [-0.2, 0) is 23.8 Å². The van der Waals surface area contributed by atoms with Gasteiger partial charge >= 0.3 is 11.9 Å². The Bertz CT molecular complexity index is 1020. The zero-order chi connectivity index (χ0) is 19.6. The molecule has 27 heavy (non-hydrogen) atoms. The number of hydrogen-bond donors (Lipinski definition) is 0. The molecule has 0 radical (unpaired) electrons. The summed E-state index contributed by atoms with van der Waals surface area (Å²) in [7, 11) is 0. The van der Waals surface area contributed by atoms with Gasteiger partial charge in [-0.2, -0.15) is 5.26 Å². The lowest BCUT2D eigenvalue weighted by Gasteiger charge is -2.14. The third kappa shape index (κ3) is 3.29. The highest BCUT2D eigenvalue weighted by Crippen LogP contribution is 2.27. The number of carbonyl (C=O) groups excluding carboxylic acids is 2. The first-order valence-corrected chi connectivity index (χ1v) is 8.39. The first-order chi connectivity index (χ1) is 13.0. The molecule has 0 saturated carbocycles. The highest BCUT2D eigenvalue weighted by Gasteiger charge is 2.30. The van der Waals surface area contributed by atoms with Crippen molar-refractivity contribution in [2.75, 3.05) is 6.61 Å². The molecule has 3 rings (SSSR count). The highest BCUT2D eigenvalue weighted by atomic mass is 16.7. The third-order valence-electron chi connectivity index (χ3n) is 4.35. The standard InChI is InChI=1S/C20H18N2O5/c1-4-25-19(24)17(11-26-20-13(3)12(2)18(23)27-20)22-10-14(9-21)15-7-5-6-8-16(15)22/h5-8,10-11,20H,4H2,1-3H3/b17-11-. The van der Waals surface area contributed by atoms with Gasteiger partial charge in [-0.15, -0.1) is 0 Å². The molecule has 0 amide bonds. The van der Waals surface area contributed by atoms with Gasteiger partial charge in [0, 0.05) is 22.7 Å². The first-order valence-electron chi connectivity index (χ1n) is 8.39. The van der Waals surface area contributed by atoms with E-state index < -0.39 is 18.2 Å². The fourth-order valence-corrected chi connectivity index (χ4v) is 2.74. The fraction of sp³-hybridized carbons (Fsp3) is 0.250. The molecule has 0 spiro atoms. The van der Waals surface area contributed by atoms with Gasteiger partial charge in [-0.1, -0.05) is 18.2 Å². The van der Waals surface area contributed by atoms with Crippen LogP contribution < -0.4 is 0 Å². The van der Waals surface area contributed by atoms with Gasteiger partial charge < -0.3 is 18.8 Å². The molecule has 1 aliphatic rings. The lowest BCUT2D eigenvalue weighted by atomic mass is 10.2. The Morgan fingerprint density at radius 1 is 1.37 bits per heavy atom. The van der Waals surface area contributed by atoms with Crippen molar-refractivity contribution in [3.63, 3.8) is 0 Å². The molecule has 0 fully saturated rings. The Hall–Kier alpha value is -3.53. The molecule has 0 saturated heterocycles. The number of cyclic esters (lactones) is 1. The molecule has 2 aromatic rings. The van der Waals surface area contributed by atoms with Crippen LogP contribution in [-0.4, -0.2) is 29.4 Å². The second-order valence-electron chi connectivity index (χ2n) is 5.95. The van der Waals surface area contributed by atoms with Crippen LogP contribution >= 0.6 is 0 Å². The Morgan fingerprint density at radius 3 is 2.74 bits per heavy atom. The molecule has 1 aromatic carbocycles. The monoisotopic (exact) mass is 366 g/mol. The average molecular weight is 366 g/mol. The van der Waals surface area contributed by atoms with Crippen LogP contribution in [0.2, 0.25) is 0 Å². The number of ether oxygens (including phenoxy) is 3. The molecule has 0 aliphatic carbocycles. The van der Waals surface area contributed by atoms with Crippen molar-refractivity contribution in [3.05, 3.63) is 53.4 Å². The van der Waals surface area contributed by atoms with Crippen LogP contribution in [0.3, 0.4) is 0 Å². The highest BCUT2D eigenvalue weighted by molar-refractivity contribution is 6.12. The zero-order valence-electron chi connectivity index (χ0n) is 15.2. The topological polar surface area (TPSA) is 90.6 Å². The summed E-state index contributed by atoms with van der Waals surface area (Å²) >= 11 is 0. The molecule has 1 unspecified atom stereocenters. The van der Waals surface area contributed by atoms with Crippen molar-refractivity contribution in [3.8, 4) is 6.07 Å². The van der Waals surface area contributed by atoms with Gasteiger partial charge in [0.2, 0.25) is 0 Å². The number of rotatable bonds is 5. The van der Waals surface area contributed by atoms with Gasteiger partial charge in [-0.3, -0.25) is 0 Å². The Morgan fingerprint density at radius 2 is 2.11 bits per heavy atom. The van der Waals surface area contributed by atoms with E-state index in [1.807, 2.05) is 6.07 Å². The van der Waals surface area contributed by atoms with Gasteiger partial charge in [0.15, 0.2) is 5.70 Å². The predicted molar refractivity (Wildman–Crippen MR) is 96.9 cm³/mol. The summed E-state index contributed by atoms with van der Waals surface area (Å²) in [5.74, 6) is -1.08. The van der Waals surface area contributed by atoms with E-state index in [2.05, 4.69) is 6.07 Å². The van der Waals surface area contributed by atoms with E-state index in [1.54, 1.807) is 45.2 Å². The number of fused-ring (bicyclic) bond motifs is 1. The van der Waals surface area contributed by atoms with Crippen molar-refractivity contribution in [2.45, 2.75) is 27.1 Å². The summed E-state index contributed by atoms with van der Waals surface area (Å²) in [5, 5.41) is 10.1. The van der Waals surface area contributed by atoms with E-state index >= 15 is 0 Å². The molecule has 7 nitrogen and oxygen atoms in total. The minimum atomic E-state index is -0.904. The number of carbonyl (C=O) groups is 2. The minimum Gasteiger partial charge on any atom is -0.461 e. The summed E-state index contributed by atoms with van der Waals surface area (Å²) in [6, 6.07) is 9.31. The molecular formula is C20H18N2O5. The minimum absolute atomic E-state index is 0.0722. The van der Waals surface area contributed by atoms with Crippen molar-refractivity contribution in [2.24, 2.45) is 0 Å². The van der Waals surface area contributed by atoms with Gasteiger partial charge in [0.25, 0.3) is 6.29 Å². The quantitative estimate of drug-likeness (QED) is 0.459. The van der Waals surface area contributed by atoms with Gasteiger partial charge in [0.05, 0.1) is 17.7 Å². The van der Waals surface area contributed by atoms with E-state index in [4.69, 9.17) is 14.2 Å². The van der Waals surface area contributed by atoms with Crippen molar-refractivity contribution >= 4 is 28.5 Å². The largest absolute Gasteiger partial charge is 0.461 e. The Balaban J connectivity index is 2.04. The summed E-state index contributed by atoms with van der Waals surface area (Å²) < 4.78 is 17.4. The molecule has 0 bridgehead atoms. The summed E-state index contributed by atoms with van der Waals surface area (Å²) in [6.45, 7) is 5.24. The number of nitrogens with zero attached hydrogens (tertiary/aromatic N) is 2. The SMILES string of the molecule is CCOC(=O)/C(=C/OC1OC(=O)C(C)=C1C)n1cc(C#N)c2ccccc21. The van der Waals surface area contributed by atoms with Crippen molar-refractivity contribution in [1.82, 2.24) is 4.57 Å². The molecule has 138 valence electrons. The third-order valence-corrected chi connectivity index (χ3v) is 4.35. The van der Waals surface area contributed by atoms with E-state index in [0.717, 1.165) is 0 Å².